The number of ether oxygens (including phenoxy) is 2. The van der Waals surface area contributed by atoms with E-state index in [2.05, 4.69) is 15.8 Å². The Balaban J connectivity index is 1.68. The Morgan fingerprint density at radius 1 is 0.970 bits per heavy atom. The van der Waals surface area contributed by atoms with Gasteiger partial charge in [0.25, 0.3) is 5.69 Å². The highest BCUT2D eigenvalue weighted by atomic mass is 16.6. The van der Waals surface area contributed by atoms with Crippen LogP contribution in [0, 0.1) is 10.1 Å². The van der Waals surface area contributed by atoms with Crippen LogP contribution in [0.4, 0.5) is 11.4 Å². The van der Waals surface area contributed by atoms with Crippen molar-refractivity contribution < 1.29 is 19.2 Å². The van der Waals surface area contributed by atoms with Crippen molar-refractivity contribution in [2.75, 3.05) is 26.2 Å². The van der Waals surface area contributed by atoms with Crippen LogP contribution in [-0.2, 0) is 11.2 Å². The van der Waals surface area contributed by atoms with E-state index in [1.165, 1.54) is 12.1 Å². The zero-order valence-corrected chi connectivity index (χ0v) is 18.3. The van der Waals surface area contributed by atoms with E-state index in [0.717, 1.165) is 11.1 Å². The molecule has 0 radical (unpaired) electrons. The number of anilines is 1. The smallest absolute Gasteiger partial charge is 0.269 e. The van der Waals surface area contributed by atoms with Crippen molar-refractivity contribution in [1.82, 2.24) is 5.32 Å². The van der Waals surface area contributed by atoms with Gasteiger partial charge in [-0.3, -0.25) is 20.3 Å². The number of hydrogen-bond donors (Lipinski definition) is 2. The Bertz CT molecular complexity index is 1130. The molecule has 0 aromatic heterocycles. The molecule has 0 aliphatic rings. The Hall–Kier alpha value is -4.40. The van der Waals surface area contributed by atoms with Crippen molar-refractivity contribution >= 4 is 23.0 Å². The lowest BCUT2D eigenvalue weighted by atomic mass is 10.1. The van der Waals surface area contributed by atoms with E-state index >= 15 is 0 Å². The molecule has 3 rings (SSSR count). The molecule has 0 spiro atoms. The predicted octanol–water partition coefficient (Wildman–Crippen LogP) is 3.79. The third kappa shape index (κ3) is 6.54. The van der Waals surface area contributed by atoms with E-state index in [4.69, 9.17) is 9.47 Å². The summed E-state index contributed by atoms with van der Waals surface area (Å²) in [6.07, 6.45) is 0.165. The number of hydrogen-bond acceptors (Lipinski definition) is 7. The van der Waals surface area contributed by atoms with Gasteiger partial charge in [-0.2, -0.15) is 5.10 Å². The lowest BCUT2D eigenvalue weighted by molar-refractivity contribution is -0.384. The summed E-state index contributed by atoms with van der Waals surface area (Å²) < 4.78 is 10.5. The molecule has 33 heavy (non-hydrogen) atoms. The minimum Gasteiger partial charge on any atom is -0.493 e. The van der Waals surface area contributed by atoms with Crippen molar-refractivity contribution in [1.29, 1.82) is 0 Å². The second kappa shape index (κ2) is 11.3. The highest BCUT2D eigenvalue weighted by Gasteiger charge is 2.11. The van der Waals surface area contributed by atoms with E-state index in [1.807, 2.05) is 36.4 Å². The van der Waals surface area contributed by atoms with Crippen LogP contribution in [0.25, 0.3) is 0 Å². The monoisotopic (exact) mass is 448 g/mol. The summed E-state index contributed by atoms with van der Waals surface area (Å²) in [7, 11) is 3.10. The number of amides is 1. The Morgan fingerprint density at radius 2 is 1.67 bits per heavy atom. The molecule has 3 aromatic rings. The van der Waals surface area contributed by atoms with E-state index in [-0.39, 0.29) is 24.6 Å². The lowest BCUT2D eigenvalue weighted by Gasteiger charge is -2.11. The lowest BCUT2D eigenvalue weighted by Crippen LogP contribution is -2.31. The molecule has 170 valence electrons. The summed E-state index contributed by atoms with van der Waals surface area (Å²) in [5, 5.41) is 18.1. The molecule has 9 nitrogen and oxygen atoms in total. The molecule has 3 aromatic carbocycles. The van der Waals surface area contributed by atoms with Crippen LogP contribution >= 0.6 is 0 Å². The first-order valence-electron chi connectivity index (χ1n) is 10.1. The van der Waals surface area contributed by atoms with Gasteiger partial charge in [0.2, 0.25) is 5.91 Å². The molecule has 0 fully saturated rings. The van der Waals surface area contributed by atoms with Gasteiger partial charge in [0.15, 0.2) is 11.5 Å². The second-order valence-corrected chi connectivity index (χ2v) is 6.98. The molecule has 0 heterocycles. The maximum atomic E-state index is 12.6. The van der Waals surface area contributed by atoms with Crippen LogP contribution < -0.4 is 20.2 Å². The largest absolute Gasteiger partial charge is 0.493 e. The molecule has 2 N–H and O–H groups in total. The first-order valence-corrected chi connectivity index (χ1v) is 10.1. The summed E-state index contributed by atoms with van der Waals surface area (Å²) in [6.45, 7) is 0.191. The summed E-state index contributed by atoms with van der Waals surface area (Å²) in [5.41, 5.74) is 5.70. The fraction of sp³-hybridized carbons (Fsp3) is 0.167. The van der Waals surface area contributed by atoms with Crippen LogP contribution in [0.2, 0.25) is 0 Å². The standard InChI is InChI=1S/C24H24N4O5/c1-32-22-13-8-17(14-23(22)33-2)15-24(29)25-16-21(18-6-4-3-5-7-18)27-26-19-9-11-20(12-10-19)28(30)31/h3-14,26H,15-16H2,1-2H3,(H,25,29)/b27-21+. The summed E-state index contributed by atoms with van der Waals surface area (Å²) in [4.78, 5) is 22.9. The summed E-state index contributed by atoms with van der Waals surface area (Å²) >= 11 is 0. The first kappa shape index (κ1) is 23.3. The van der Waals surface area contributed by atoms with Crippen molar-refractivity contribution in [2.24, 2.45) is 5.10 Å². The van der Waals surface area contributed by atoms with Gasteiger partial charge in [-0.05, 0) is 35.4 Å². The molecular formula is C24H24N4O5. The molecule has 0 bridgehead atoms. The molecule has 0 unspecified atom stereocenters. The number of rotatable bonds is 10. The van der Waals surface area contributed by atoms with Crippen LogP contribution in [0.15, 0.2) is 77.9 Å². The van der Waals surface area contributed by atoms with Crippen LogP contribution in [-0.4, -0.2) is 37.3 Å². The van der Waals surface area contributed by atoms with Gasteiger partial charge < -0.3 is 14.8 Å². The van der Waals surface area contributed by atoms with Crippen molar-refractivity contribution in [3.63, 3.8) is 0 Å². The molecule has 1 amide bonds. The van der Waals surface area contributed by atoms with Gasteiger partial charge in [0.05, 0.1) is 43.5 Å². The Morgan fingerprint density at radius 3 is 2.30 bits per heavy atom. The number of methoxy groups -OCH3 is 2. The average molecular weight is 448 g/mol. The number of nitro benzene ring substituents is 1. The van der Waals surface area contributed by atoms with Crippen molar-refractivity contribution in [2.45, 2.75) is 6.42 Å². The molecule has 0 saturated carbocycles. The van der Waals surface area contributed by atoms with Crippen molar-refractivity contribution in [3.05, 3.63) is 94.0 Å². The van der Waals surface area contributed by atoms with Gasteiger partial charge in [-0.15, -0.1) is 0 Å². The quantitative estimate of drug-likeness (QED) is 0.277. The maximum Gasteiger partial charge on any atom is 0.269 e. The predicted molar refractivity (Wildman–Crippen MR) is 126 cm³/mol. The van der Waals surface area contributed by atoms with E-state index in [9.17, 15) is 14.9 Å². The number of nitro groups is 1. The number of nitrogens with one attached hydrogen (secondary N) is 2. The number of benzene rings is 3. The van der Waals surface area contributed by atoms with Crippen LogP contribution in [0.5, 0.6) is 11.5 Å². The second-order valence-electron chi connectivity index (χ2n) is 6.98. The highest BCUT2D eigenvalue weighted by Crippen LogP contribution is 2.27. The normalized spacial score (nSPS) is 10.9. The minimum absolute atomic E-state index is 0.00441. The van der Waals surface area contributed by atoms with Crippen LogP contribution in [0.3, 0.4) is 0 Å². The number of carbonyl (C=O) groups is 1. The van der Waals surface area contributed by atoms with Gasteiger partial charge in [-0.25, -0.2) is 0 Å². The molecule has 0 atom stereocenters. The van der Waals surface area contributed by atoms with Gasteiger partial charge in [0.1, 0.15) is 0 Å². The number of non-ortho nitro benzene ring substituents is 1. The number of carbonyl (C=O) groups excluding carboxylic acids is 1. The molecule has 0 aliphatic heterocycles. The third-order valence-electron chi connectivity index (χ3n) is 4.77. The van der Waals surface area contributed by atoms with Gasteiger partial charge in [0, 0.05) is 12.1 Å². The first-order chi connectivity index (χ1) is 16.0. The van der Waals surface area contributed by atoms with E-state index < -0.39 is 4.92 Å². The summed E-state index contributed by atoms with van der Waals surface area (Å²) in [6, 6.07) is 20.7. The molecule has 0 aliphatic carbocycles. The van der Waals surface area contributed by atoms with E-state index in [1.54, 1.807) is 38.5 Å². The highest BCUT2D eigenvalue weighted by molar-refractivity contribution is 6.03. The Labute approximate surface area is 191 Å². The number of nitrogens with zero attached hydrogens (tertiary/aromatic N) is 2. The van der Waals surface area contributed by atoms with Crippen molar-refractivity contribution in [3.8, 4) is 11.5 Å². The zero-order chi connectivity index (χ0) is 23.6. The molecule has 0 saturated heterocycles. The zero-order valence-electron chi connectivity index (χ0n) is 18.3. The maximum absolute atomic E-state index is 12.6. The van der Waals surface area contributed by atoms with E-state index in [0.29, 0.717) is 22.9 Å². The fourth-order valence-electron chi connectivity index (χ4n) is 3.05. The fourth-order valence-corrected chi connectivity index (χ4v) is 3.05. The average Bonchev–Trinajstić information content (AvgIpc) is 2.84. The summed E-state index contributed by atoms with van der Waals surface area (Å²) in [5.74, 6) is 0.972. The topological polar surface area (TPSA) is 115 Å². The van der Waals surface area contributed by atoms with Crippen LogP contribution in [0.1, 0.15) is 11.1 Å². The molecular weight excluding hydrogens is 424 g/mol. The minimum atomic E-state index is -0.462. The van der Waals surface area contributed by atoms with Gasteiger partial charge >= 0.3 is 0 Å². The third-order valence-corrected chi connectivity index (χ3v) is 4.77. The molecule has 9 heteroatoms. The van der Waals surface area contributed by atoms with Gasteiger partial charge in [-0.1, -0.05) is 36.4 Å². The number of hydrazone groups is 1. The Kier molecular flexibility index (Phi) is 7.96. The SMILES string of the molecule is COc1ccc(CC(=O)NC/C(=N\Nc2ccc([N+](=O)[O-])cc2)c2ccccc2)cc1OC.